The van der Waals surface area contributed by atoms with Gasteiger partial charge in [-0.05, 0) is 24.1 Å². The molecule has 0 aliphatic carbocycles. The number of benzene rings is 1. The van der Waals surface area contributed by atoms with E-state index in [0.717, 1.165) is 12.1 Å². The summed E-state index contributed by atoms with van der Waals surface area (Å²) >= 11 is 3.31. The Hall–Kier alpha value is -1.03. The van der Waals surface area contributed by atoms with Gasteiger partial charge in [-0.3, -0.25) is 4.79 Å². The Morgan fingerprint density at radius 1 is 1.41 bits per heavy atom. The highest BCUT2D eigenvalue weighted by Crippen LogP contribution is 2.16. The number of carbonyl (C=O) groups excluding carboxylic acids is 1. The zero-order valence-corrected chi connectivity index (χ0v) is 12.0. The van der Waals surface area contributed by atoms with Gasteiger partial charge in [0.2, 0.25) is 0 Å². The molecule has 1 rings (SSSR count). The molecule has 94 valence electrons. The molecule has 1 aromatic rings. The average molecular weight is 300 g/mol. The van der Waals surface area contributed by atoms with Gasteiger partial charge in [0.15, 0.2) is 0 Å². The smallest absolute Gasteiger partial charge is 0.321 e. The van der Waals surface area contributed by atoms with E-state index in [-0.39, 0.29) is 10.8 Å². The van der Waals surface area contributed by atoms with Crippen LogP contribution in [-0.4, -0.2) is 31.5 Å². The van der Waals surface area contributed by atoms with Crippen molar-refractivity contribution in [3.8, 4) is 0 Å². The molecule has 0 saturated heterocycles. The lowest BCUT2D eigenvalue weighted by Gasteiger charge is -2.21. The second-order valence-corrected chi connectivity index (χ2v) is 5.00. The van der Waals surface area contributed by atoms with Crippen LogP contribution in [0.3, 0.4) is 0 Å². The molecular weight excluding hydrogens is 282 g/mol. The van der Waals surface area contributed by atoms with E-state index in [1.165, 1.54) is 12.7 Å². The van der Waals surface area contributed by atoms with Crippen LogP contribution >= 0.6 is 15.9 Å². The lowest BCUT2D eigenvalue weighted by molar-refractivity contribution is -0.139. The highest BCUT2D eigenvalue weighted by molar-refractivity contribution is 9.10. The highest BCUT2D eigenvalue weighted by Gasteiger charge is 2.17. The lowest BCUT2D eigenvalue weighted by Crippen LogP contribution is -2.31. The van der Waals surface area contributed by atoms with E-state index in [1.54, 1.807) is 0 Å². The van der Waals surface area contributed by atoms with Gasteiger partial charge in [0.1, 0.15) is 4.83 Å². The molecule has 1 aromatic carbocycles. The standard InChI is InChI=1S/C13H18BrNO2/c1-4-10-5-7-11(8-6-10)15(2)9-12(14)13(16)17-3/h5-8,12H,4,9H2,1-3H3. The topological polar surface area (TPSA) is 29.5 Å². The summed E-state index contributed by atoms with van der Waals surface area (Å²) in [5, 5.41) is 0. The summed E-state index contributed by atoms with van der Waals surface area (Å²) < 4.78 is 4.67. The Kier molecular flexibility index (Phi) is 5.48. The van der Waals surface area contributed by atoms with Crippen molar-refractivity contribution in [2.24, 2.45) is 0 Å². The summed E-state index contributed by atoms with van der Waals surface area (Å²) in [5.74, 6) is -0.248. The minimum Gasteiger partial charge on any atom is -0.468 e. The van der Waals surface area contributed by atoms with Gasteiger partial charge in [-0.2, -0.15) is 0 Å². The molecule has 1 atom stereocenters. The summed E-state index contributed by atoms with van der Waals surface area (Å²) in [4.78, 5) is 13.0. The quantitative estimate of drug-likeness (QED) is 0.618. The maximum atomic E-state index is 11.3. The van der Waals surface area contributed by atoms with Crippen molar-refractivity contribution >= 4 is 27.6 Å². The van der Waals surface area contributed by atoms with Crippen molar-refractivity contribution < 1.29 is 9.53 Å². The Morgan fingerprint density at radius 2 is 2.00 bits per heavy atom. The molecule has 1 unspecified atom stereocenters. The van der Waals surface area contributed by atoms with E-state index in [1.807, 2.05) is 11.9 Å². The third kappa shape index (κ3) is 4.04. The van der Waals surface area contributed by atoms with Gasteiger partial charge in [0, 0.05) is 19.3 Å². The number of anilines is 1. The fraction of sp³-hybridized carbons (Fsp3) is 0.462. The Bertz CT molecular complexity index is 364. The van der Waals surface area contributed by atoms with Crippen LogP contribution in [0.1, 0.15) is 12.5 Å². The predicted molar refractivity (Wildman–Crippen MR) is 73.8 cm³/mol. The monoisotopic (exact) mass is 299 g/mol. The largest absolute Gasteiger partial charge is 0.468 e. The molecule has 0 amide bonds. The van der Waals surface area contributed by atoms with Crippen molar-refractivity contribution in [3.05, 3.63) is 29.8 Å². The SMILES string of the molecule is CCc1ccc(N(C)CC(Br)C(=O)OC)cc1. The number of esters is 1. The van der Waals surface area contributed by atoms with E-state index in [0.29, 0.717) is 6.54 Å². The van der Waals surface area contributed by atoms with Gasteiger partial charge < -0.3 is 9.64 Å². The summed E-state index contributed by atoms with van der Waals surface area (Å²) in [6.45, 7) is 2.71. The van der Waals surface area contributed by atoms with E-state index in [9.17, 15) is 4.79 Å². The van der Waals surface area contributed by atoms with Crippen LogP contribution in [0.2, 0.25) is 0 Å². The number of alkyl halides is 1. The fourth-order valence-corrected chi connectivity index (χ4v) is 2.16. The summed E-state index contributed by atoms with van der Waals surface area (Å²) in [5.41, 5.74) is 2.40. The molecule has 0 radical (unpaired) electrons. The molecule has 0 aliphatic rings. The lowest BCUT2D eigenvalue weighted by atomic mass is 10.1. The number of nitrogens with zero attached hydrogens (tertiary/aromatic N) is 1. The van der Waals surface area contributed by atoms with Crippen LogP contribution in [0.4, 0.5) is 5.69 Å². The minimum absolute atomic E-state index is 0.248. The van der Waals surface area contributed by atoms with Crippen LogP contribution in [0.15, 0.2) is 24.3 Å². The van der Waals surface area contributed by atoms with E-state index in [2.05, 4.69) is 51.9 Å². The van der Waals surface area contributed by atoms with Crippen molar-refractivity contribution in [2.45, 2.75) is 18.2 Å². The molecule has 0 fully saturated rings. The van der Waals surface area contributed by atoms with E-state index >= 15 is 0 Å². The molecule has 0 saturated carbocycles. The first-order chi connectivity index (χ1) is 8.08. The van der Waals surface area contributed by atoms with Crippen LogP contribution in [0.5, 0.6) is 0 Å². The molecule has 0 heterocycles. The number of carbonyl (C=O) groups is 1. The van der Waals surface area contributed by atoms with Gasteiger partial charge in [-0.1, -0.05) is 35.0 Å². The second-order valence-electron chi connectivity index (χ2n) is 3.89. The first kappa shape index (κ1) is 14.0. The van der Waals surface area contributed by atoms with Gasteiger partial charge in [0.05, 0.1) is 7.11 Å². The summed E-state index contributed by atoms with van der Waals surface area (Å²) in [6, 6.07) is 8.34. The van der Waals surface area contributed by atoms with Crippen LogP contribution in [0.25, 0.3) is 0 Å². The van der Waals surface area contributed by atoms with E-state index < -0.39 is 0 Å². The maximum Gasteiger partial charge on any atom is 0.321 e. The molecule has 3 nitrogen and oxygen atoms in total. The third-order valence-corrected chi connectivity index (χ3v) is 3.34. The Morgan fingerprint density at radius 3 is 2.47 bits per heavy atom. The molecular formula is C13H18BrNO2. The Balaban J connectivity index is 2.62. The average Bonchev–Trinajstić information content (AvgIpc) is 2.37. The van der Waals surface area contributed by atoms with Crippen molar-refractivity contribution in [1.82, 2.24) is 0 Å². The van der Waals surface area contributed by atoms with Gasteiger partial charge >= 0.3 is 5.97 Å². The Labute approximate surface area is 111 Å². The number of halogens is 1. The van der Waals surface area contributed by atoms with Crippen LogP contribution in [-0.2, 0) is 16.0 Å². The number of methoxy groups -OCH3 is 1. The number of hydrogen-bond acceptors (Lipinski definition) is 3. The molecule has 0 bridgehead atoms. The van der Waals surface area contributed by atoms with Crippen LogP contribution in [0, 0.1) is 0 Å². The summed E-state index contributed by atoms with van der Waals surface area (Å²) in [7, 11) is 3.35. The molecule has 4 heteroatoms. The first-order valence-corrected chi connectivity index (χ1v) is 6.52. The number of hydrogen-bond donors (Lipinski definition) is 0. The number of ether oxygens (including phenoxy) is 1. The molecule has 0 N–H and O–H groups in total. The minimum atomic E-state index is -0.302. The molecule has 0 aliphatic heterocycles. The van der Waals surface area contributed by atoms with Gasteiger partial charge in [-0.25, -0.2) is 0 Å². The van der Waals surface area contributed by atoms with Gasteiger partial charge in [0.25, 0.3) is 0 Å². The van der Waals surface area contributed by atoms with Crippen LogP contribution < -0.4 is 4.90 Å². The van der Waals surface area contributed by atoms with Gasteiger partial charge in [-0.15, -0.1) is 0 Å². The normalized spacial score (nSPS) is 12.0. The van der Waals surface area contributed by atoms with E-state index in [4.69, 9.17) is 0 Å². The zero-order valence-electron chi connectivity index (χ0n) is 10.4. The van der Waals surface area contributed by atoms with Crippen molar-refractivity contribution in [1.29, 1.82) is 0 Å². The number of rotatable bonds is 5. The first-order valence-electron chi connectivity index (χ1n) is 5.60. The van der Waals surface area contributed by atoms with Crippen molar-refractivity contribution in [3.63, 3.8) is 0 Å². The summed E-state index contributed by atoms with van der Waals surface area (Å²) in [6.07, 6.45) is 1.03. The highest BCUT2D eigenvalue weighted by atomic mass is 79.9. The molecule has 17 heavy (non-hydrogen) atoms. The maximum absolute atomic E-state index is 11.3. The van der Waals surface area contributed by atoms with Crippen molar-refractivity contribution in [2.75, 3.05) is 25.6 Å². The molecule has 0 aromatic heterocycles. The predicted octanol–water partition coefficient (Wildman–Crippen LogP) is 2.62. The second kappa shape index (κ2) is 6.64. The number of aryl methyl sites for hydroxylation is 1. The zero-order chi connectivity index (χ0) is 12.8. The molecule has 0 spiro atoms. The third-order valence-electron chi connectivity index (χ3n) is 2.68. The fourth-order valence-electron chi connectivity index (χ4n) is 1.53.